The molecule has 0 saturated heterocycles. The van der Waals surface area contributed by atoms with Crippen LogP contribution in [0.1, 0.15) is 24.2 Å². The summed E-state index contributed by atoms with van der Waals surface area (Å²) in [5, 5.41) is 5.05. The second kappa shape index (κ2) is 9.16. The molecule has 0 saturated carbocycles. The Labute approximate surface area is 161 Å². The van der Waals surface area contributed by atoms with Crippen molar-refractivity contribution in [2.75, 3.05) is 19.5 Å². The van der Waals surface area contributed by atoms with Crippen LogP contribution in [0.5, 0.6) is 11.5 Å². The van der Waals surface area contributed by atoms with Crippen molar-refractivity contribution >= 4 is 17.5 Å². The number of amides is 2. The zero-order chi connectivity index (χ0) is 20.8. The predicted octanol–water partition coefficient (Wildman–Crippen LogP) is 3.38. The molecule has 150 valence electrons. The minimum atomic E-state index is -1.04. The van der Waals surface area contributed by atoms with Crippen molar-refractivity contribution < 1.29 is 27.8 Å². The normalized spacial score (nSPS) is 11.7. The molecule has 1 atom stereocenters. The van der Waals surface area contributed by atoms with Gasteiger partial charge in [-0.05, 0) is 30.2 Å². The van der Waals surface area contributed by atoms with Gasteiger partial charge in [0.15, 0.2) is 0 Å². The lowest BCUT2D eigenvalue weighted by Crippen LogP contribution is -2.47. The second-order valence-electron chi connectivity index (χ2n) is 6.35. The average Bonchev–Trinajstić information content (AvgIpc) is 2.65. The molecule has 28 heavy (non-hydrogen) atoms. The zero-order valence-electron chi connectivity index (χ0n) is 16.0. The number of rotatable bonds is 7. The van der Waals surface area contributed by atoms with Crippen LogP contribution in [-0.4, -0.2) is 32.1 Å². The highest BCUT2D eigenvalue weighted by Crippen LogP contribution is 2.29. The van der Waals surface area contributed by atoms with E-state index in [-0.39, 0.29) is 5.92 Å². The van der Waals surface area contributed by atoms with Crippen molar-refractivity contribution in [2.45, 2.75) is 19.9 Å². The summed E-state index contributed by atoms with van der Waals surface area (Å²) in [6, 6.07) is 6.91. The van der Waals surface area contributed by atoms with Gasteiger partial charge in [0.1, 0.15) is 34.7 Å². The number of anilines is 1. The number of nitrogens with one attached hydrogen (secondary N) is 2. The van der Waals surface area contributed by atoms with Crippen molar-refractivity contribution in [2.24, 2.45) is 5.92 Å². The summed E-state index contributed by atoms with van der Waals surface area (Å²) in [6.07, 6.45) is 0. The Bertz CT molecular complexity index is 851. The number of benzene rings is 2. The van der Waals surface area contributed by atoms with E-state index in [9.17, 15) is 18.4 Å². The van der Waals surface area contributed by atoms with Gasteiger partial charge >= 0.3 is 0 Å². The van der Waals surface area contributed by atoms with Crippen LogP contribution in [0.3, 0.4) is 0 Å². The van der Waals surface area contributed by atoms with Crippen LogP contribution >= 0.6 is 0 Å². The first-order chi connectivity index (χ1) is 13.3. The summed E-state index contributed by atoms with van der Waals surface area (Å²) >= 11 is 0. The van der Waals surface area contributed by atoms with E-state index in [0.717, 1.165) is 18.2 Å². The molecule has 6 nitrogen and oxygen atoms in total. The van der Waals surface area contributed by atoms with Crippen LogP contribution in [0.4, 0.5) is 14.5 Å². The molecular formula is C20H22F2N2O4. The lowest BCUT2D eigenvalue weighted by molar-refractivity contribution is -0.118. The lowest BCUT2D eigenvalue weighted by Gasteiger charge is -2.22. The maximum absolute atomic E-state index is 13.9. The van der Waals surface area contributed by atoms with Crippen LogP contribution in [-0.2, 0) is 4.79 Å². The monoisotopic (exact) mass is 392 g/mol. The summed E-state index contributed by atoms with van der Waals surface area (Å²) in [7, 11) is 2.92. The Kier molecular flexibility index (Phi) is 6.92. The number of hydrogen-bond donors (Lipinski definition) is 2. The third kappa shape index (κ3) is 4.76. The highest BCUT2D eigenvalue weighted by molar-refractivity contribution is 6.02. The zero-order valence-corrected chi connectivity index (χ0v) is 16.0. The Balaban J connectivity index is 2.25. The van der Waals surface area contributed by atoms with E-state index >= 15 is 0 Å². The van der Waals surface area contributed by atoms with Gasteiger partial charge in [-0.3, -0.25) is 9.59 Å². The topological polar surface area (TPSA) is 76.7 Å². The Morgan fingerprint density at radius 3 is 2.18 bits per heavy atom. The van der Waals surface area contributed by atoms with Gasteiger partial charge < -0.3 is 20.1 Å². The van der Waals surface area contributed by atoms with E-state index in [4.69, 9.17) is 9.47 Å². The fourth-order valence-corrected chi connectivity index (χ4v) is 2.59. The Morgan fingerprint density at radius 1 is 1.00 bits per heavy atom. The van der Waals surface area contributed by atoms with Gasteiger partial charge in [-0.25, -0.2) is 8.78 Å². The maximum Gasteiger partial charge on any atom is 0.257 e. The predicted molar refractivity (Wildman–Crippen MR) is 101 cm³/mol. The number of hydrogen-bond acceptors (Lipinski definition) is 4. The van der Waals surface area contributed by atoms with Gasteiger partial charge in [-0.2, -0.15) is 0 Å². The van der Waals surface area contributed by atoms with Crippen LogP contribution < -0.4 is 20.1 Å². The Hall–Kier alpha value is -3.16. The minimum Gasteiger partial charge on any atom is -0.497 e. The molecule has 0 fully saturated rings. The van der Waals surface area contributed by atoms with E-state index < -0.39 is 35.1 Å². The lowest BCUT2D eigenvalue weighted by atomic mass is 10.0. The molecule has 8 heteroatoms. The molecule has 2 N–H and O–H groups in total. The molecule has 2 rings (SSSR count). The molecule has 2 aromatic rings. The van der Waals surface area contributed by atoms with Gasteiger partial charge in [-0.15, -0.1) is 0 Å². The Morgan fingerprint density at radius 2 is 1.64 bits per heavy atom. The molecule has 0 bridgehead atoms. The van der Waals surface area contributed by atoms with Crippen LogP contribution in [0.15, 0.2) is 36.4 Å². The summed E-state index contributed by atoms with van der Waals surface area (Å²) in [6.45, 7) is 3.40. The van der Waals surface area contributed by atoms with Crippen LogP contribution in [0.25, 0.3) is 0 Å². The summed E-state index contributed by atoms with van der Waals surface area (Å²) in [5.41, 5.74) is -0.399. The van der Waals surface area contributed by atoms with Crippen LogP contribution in [0.2, 0.25) is 0 Å². The van der Waals surface area contributed by atoms with Crippen molar-refractivity contribution in [1.29, 1.82) is 0 Å². The highest BCUT2D eigenvalue weighted by atomic mass is 19.1. The largest absolute Gasteiger partial charge is 0.497 e. The van der Waals surface area contributed by atoms with Crippen molar-refractivity contribution in [3.63, 3.8) is 0 Å². The summed E-state index contributed by atoms with van der Waals surface area (Å²) < 4.78 is 38.0. The maximum atomic E-state index is 13.9. The quantitative estimate of drug-likeness (QED) is 0.758. The first-order valence-corrected chi connectivity index (χ1v) is 8.56. The number of carbonyl (C=O) groups is 2. The smallest absolute Gasteiger partial charge is 0.257 e. The van der Waals surface area contributed by atoms with Gasteiger partial charge in [-0.1, -0.05) is 19.9 Å². The van der Waals surface area contributed by atoms with E-state index in [2.05, 4.69) is 10.6 Å². The number of methoxy groups -OCH3 is 2. The average molecular weight is 392 g/mol. The molecule has 0 heterocycles. The molecule has 0 spiro atoms. The molecule has 0 aliphatic rings. The van der Waals surface area contributed by atoms with Gasteiger partial charge in [0.2, 0.25) is 5.91 Å². The first-order valence-electron chi connectivity index (χ1n) is 8.56. The number of ether oxygens (including phenoxy) is 2. The molecule has 0 aliphatic heterocycles. The van der Waals surface area contributed by atoms with E-state index in [1.165, 1.54) is 14.2 Å². The molecule has 0 aromatic heterocycles. The van der Waals surface area contributed by atoms with Gasteiger partial charge in [0.05, 0.1) is 19.9 Å². The summed E-state index contributed by atoms with van der Waals surface area (Å²) in [5.74, 6) is -3.05. The third-order valence-corrected chi connectivity index (χ3v) is 4.09. The van der Waals surface area contributed by atoms with Crippen molar-refractivity contribution in [3.8, 4) is 11.5 Å². The van der Waals surface area contributed by atoms with Gasteiger partial charge in [0, 0.05) is 6.07 Å². The third-order valence-electron chi connectivity index (χ3n) is 4.09. The SMILES string of the molecule is COc1ccc(OC)c(NC(=O)C(NC(=O)c2c(F)cccc2F)C(C)C)c1. The fourth-order valence-electron chi connectivity index (χ4n) is 2.59. The molecule has 0 aliphatic carbocycles. The van der Waals surface area contributed by atoms with Gasteiger partial charge in [0.25, 0.3) is 5.91 Å². The molecule has 2 amide bonds. The van der Waals surface area contributed by atoms with E-state index in [0.29, 0.717) is 17.2 Å². The molecule has 2 aromatic carbocycles. The van der Waals surface area contributed by atoms with E-state index in [1.54, 1.807) is 32.0 Å². The highest BCUT2D eigenvalue weighted by Gasteiger charge is 2.28. The van der Waals surface area contributed by atoms with E-state index in [1.807, 2.05) is 0 Å². The van der Waals surface area contributed by atoms with Crippen LogP contribution in [0, 0.1) is 17.6 Å². The summed E-state index contributed by atoms with van der Waals surface area (Å²) in [4.78, 5) is 25.1. The number of halogens is 2. The fraction of sp³-hybridized carbons (Fsp3) is 0.300. The van der Waals surface area contributed by atoms with Crippen molar-refractivity contribution in [1.82, 2.24) is 5.32 Å². The molecule has 0 radical (unpaired) electrons. The second-order valence-corrected chi connectivity index (χ2v) is 6.35. The molecule has 1 unspecified atom stereocenters. The number of carbonyl (C=O) groups excluding carboxylic acids is 2. The molecular weight excluding hydrogens is 370 g/mol. The first kappa shape index (κ1) is 21.1. The standard InChI is InChI=1S/C20H22F2N2O4/c1-11(2)18(24-19(25)17-13(21)6-5-7-14(17)22)20(26)23-15-10-12(27-3)8-9-16(15)28-4/h5-11,18H,1-4H3,(H,23,26)(H,24,25). The van der Waals surface area contributed by atoms with Crippen molar-refractivity contribution in [3.05, 3.63) is 53.6 Å². The minimum absolute atomic E-state index is 0.337.